The molecule has 2 N–H and O–H groups in total. The number of nitrogens with one attached hydrogen (secondary N) is 2. The monoisotopic (exact) mass is 561 g/mol. The van der Waals surface area contributed by atoms with Crippen molar-refractivity contribution in [3.05, 3.63) is 113 Å². The van der Waals surface area contributed by atoms with E-state index in [1.165, 1.54) is 24.4 Å². The molecule has 4 rings (SSSR count). The SMILES string of the molecule is CN(C)CCCCc1ccc(Nc2nccc(CC(=O)c3cccc(NC(=O)c4cc(F)ccc4F)c3)n2)cc1F. The first-order valence-corrected chi connectivity index (χ1v) is 13.1. The number of carbonyl (C=O) groups excluding carboxylic acids is 2. The maximum absolute atomic E-state index is 14.6. The second-order valence-corrected chi connectivity index (χ2v) is 9.82. The normalized spacial score (nSPS) is 11.0. The number of aromatic nitrogens is 2. The Labute approximate surface area is 236 Å². The molecule has 10 heteroatoms. The van der Waals surface area contributed by atoms with Crippen LogP contribution in [0.15, 0.2) is 72.9 Å². The van der Waals surface area contributed by atoms with Crippen LogP contribution in [0, 0.1) is 17.5 Å². The molecule has 0 bridgehead atoms. The molecule has 0 aliphatic rings. The quantitative estimate of drug-likeness (QED) is 0.158. The Kier molecular flexibility index (Phi) is 9.81. The van der Waals surface area contributed by atoms with E-state index < -0.39 is 23.1 Å². The second kappa shape index (κ2) is 13.7. The van der Waals surface area contributed by atoms with Gasteiger partial charge in [0.05, 0.1) is 17.7 Å². The van der Waals surface area contributed by atoms with Crippen molar-refractivity contribution >= 4 is 29.0 Å². The molecule has 4 aromatic rings. The molecule has 1 aromatic heterocycles. The number of hydrogen-bond acceptors (Lipinski definition) is 6. The van der Waals surface area contributed by atoms with Crippen molar-refractivity contribution in [2.24, 2.45) is 0 Å². The molecular formula is C31H30F3N5O2. The maximum atomic E-state index is 14.6. The van der Waals surface area contributed by atoms with Gasteiger partial charge in [-0.2, -0.15) is 0 Å². The van der Waals surface area contributed by atoms with Crippen molar-refractivity contribution in [2.75, 3.05) is 31.3 Å². The smallest absolute Gasteiger partial charge is 0.258 e. The Morgan fingerprint density at radius 2 is 1.71 bits per heavy atom. The van der Waals surface area contributed by atoms with Gasteiger partial charge in [0.1, 0.15) is 17.5 Å². The zero-order valence-corrected chi connectivity index (χ0v) is 22.8. The lowest BCUT2D eigenvalue weighted by atomic mass is 10.1. The highest BCUT2D eigenvalue weighted by molar-refractivity contribution is 6.05. The number of Topliss-reactive ketones (excluding diaryl/α,β-unsaturated/α-hetero) is 1. The molecule has 212 valence electrons. The minimum atomic E-state index is -0.862. The molecule has 0 fully saturated rings. The summed E-state index contributed by atoms with van der Waals surface area (Å²) in [6.45, 7) is 0.956. The molecule has 0 radical (unpaired) electrons. The molecule has 1 amide bonds. The summed E-state index contributed by atoms with van der Waals surface area (Å²) >= 11 is 0. The number of amides is 1. The number of ketones is 1. The lowest BCUT2D eigenvalue weighted by Gasteiger charge is -2.11. The number of hydrogen-bond donors (Lipinski definition) is 2. The molecular weight excluding hydrogens is 531 g/mol. The zero-order valence-electron chi connectivity index (χ0n) is 22.8. The van der Waals surface area contributed by atoms with Crippen LogP contribution in [0.5, 0.6) is 0 Å². The average molecular weight is 562 g/mol. The Hall–Kier alpha value is -4.57. The number of anilines is 3. The van der Waals surface area contributed by atoms with E-state index in [0.717, 1.165) is 37.6 Å². The van der Waals surface area contributed by atoms with Crippen molar-refractivity contribution in [3.8, 4) is 0 Å². The molecule has 0 aliphatic heterocycles. The summed E-state index contributed by atoms with van der Waals surface area (Å²) in [5.41, 5.74) is 1.66. The number of nitrogens with zero attached hydrogens (tertiary/aromatic N) is 3. The summed E-state index contributed by atoms with van der Waals surface area (Å²) in [4.78, 5) is 36.0. The van der Waals surface area contributed by atoms with Crippen molar-refractivity contribution < 1.29 is 22.8 Å². The molecule has 0 saturated heterocycles. The van der Waals surface area contributed by atoms with Gasteiger partial charge in [-0.25, -0.2) is 23.1 Å². The van der Waals surface area contributed by atoms with Crippen LogP contribution in [-0.2, 0) is 12.8 Å². The fraction of sp³-hybridized carbons (Fsp3) is 0.226. The first kappa shape index (κ1) is 29.4. The van der Waals surface area contributed by atoms with E-state index >= 15 is 0 Å². The Bertz CT molecular complexity index is 1540. The predicted octanol–water partition coefficient (Wildman–Crippen LogP) is 6.20. The Morgan fingerprint density at radius 3 is 2.49 bits per heavy atom. The molecule has 0 aliphatic carbocycles. The first-order chi connectivity index (χ1) is 19.7. The largest absolute Gasteiger partial charge is 0.324 e. The number of aryl methyl sites for hydroxylation is 1. The van der Waals surface area contributed by atoms with Crippen LogP contribution >= 0.6 is 0 Å². The molecule has 0 atom stereocenters. The van der Waals surface area contributed by atoms with E-state index in [9.17, 15) is 22.8 Å². The summed E-state index contributed by atoms with van der Waals surface area (Å²) in [6.07, 6.45) is 3.97. The minimum absolute atomic E-state index is 0.0621. The summed E-state index contributed by atoms with van der Waals surface area (Å²) in [6, 6.07) is 15.2. The zero-order chi connectivity index (χ0) is 29.4. The fourth-order valence-corrected chi connectivity index (χ4v) is 4.16. The Morgan fingerprint density at radius 1 is 0.878 bits per heavy atom. The van der Waals surface area contributed by atoms with Gasteiger partial charge in [-0.1, -0.05) is 18.2 Å². The second-order valence-electron chi connectivity index (χ2n) is 9.82. The van der Waals surface area contributed by atoms with Gasteiger partial charge in [0, 0.05) is 23.1 Å². The molecule has 0 saturated carbocycles. The van der Waals surface area contributed by atoms with Gasteiger partial charge in [0.2, 0.25) is 5.95 Å². The van der Waals surface area contributed by atoms with Crippen molar-refractivity contribution in [3.63, 3.8) is 0 Å². The molecule has 3 aromatic carbocycles. The lowest BCUT2D eigenvalue weighted by molar-refractivity contribution is 0.0988. The standard InChI is InChI=1S/C31H30F3N5O2/c1-39(2)15-4-3-6-20-9-11-24(18-28(20)34)37-31-35-14-13-25(38-31)19-29(40)21-7-5-8-23(16-21)36-30(41)26-17-22(32)10-12-27(26)33/h5,7-14,16-18H,3-4,6,15,19H2,1-2H3,(H,36,41)(H,35,37,38). The van der Waals surface area contributed by atoms with Crippen LogP contribution < -0.4 is 10.6 Å². The third-order valence-electron chi connectivity index (χ3n) is 6.28. The Balaban J connectivity index is 1.37. The molecule has 0 spiro atoms. The highest BCUT2D eigenvalue weighted by Gasteiger charge is 2.15. The lowest BCUT2D eigenvalue weighted by Crippen LogP contribution is -2.15. The van der Waals surface area contributed by atoms with E-state index in [4.69, 9.17) is 0 Å². The van der Waals surface area contributed by atoms with Gasteiger partial charge < -0.3 is 15.5 Å². The minimum Gasteiger partial charge on any atom is -0.324 e. The van der Waals surface area contributed by atoms with E-state index in [1.54, 1.807) is 30.3 Å². The van der Waals surface area contributed by atoms with Crippen LogP contribution in [0.25, 0.3) is 0 Å². The van der Waals surface area contributed by atoms with E-state index in [-0.39, 0.29) is 29.7 Å². The third kappa shape index (κ3) is 8.46. The molecule has 41 heavy (non-hydrogen) atoms. The van der Waals surface area contributed by atoms with Crippen LogP contribution in [0.3, 0.4) is 0 Å². The van der Waals surface area contributed by atoms with Crippen LogP contribution in [0.2, 0.25) is 0 Å². The average Bonchev–Trinajstić information content (AvgIpc) is 2.93. The summed E-state index contributed by atoms with van der Waals surface area (Å²) in [5, 5.41) is 5.46. The van der Waals surface area contributed by atoms with Gasteiger partial charge in [-0.05, 0) is 94.0 Å². The first-order valence-electron chi connectivity index (χ1n) is 13.1. The van der Waals surface area contributed by atoms with Crippen molar-refractivity contribution in [1.82, 2.24) is 14.9 Å². The number of rotatable bonds is 12. The van der Waals surface area contributed by atoms with Gasteiger partial charge >= 0.3 is 0 Å². The molecule has 0 unspecified atom stereocenters. The highest BCUT2D eigenvalue weighted by Crippen LogP contribution is 2.20. The number of unbranched alkanes of at least 4 members (excludes halogenated alkanes) is 1. The van der Waals surface area contributed by atoms with Crippen LogP contribution in [0.4, 0.5) is 30.5 Å². The number of halogens is 3. The van der Waals surface area contributed by atoms with Crippen LogP contribution in [0.1, 0.15) is 44.8 Å². The summed E-state index contributed by atoms with van der Waals surface area (Å²) in [5.74, 6) is -2.82. The van der Waals surface area contributed by atoms with E-state index in [1.807, 2.05) is 14.1 Å². The maximum Gasteiger partial charge on any atom is 0.258 e. The molecule has 1 heterocycles. The van der Waals surface area contributed by atoms with E-state index in [2.05, 4.69) is 25.5 Å². The van der Waals surface area contributed by atoms with Crippen molar-refractivity contribution in [2.45, 2.75) is 25.7 Å². The van der Waals surface area contributed by atoms with E-state index in [0.29, 0.717) is 28.9 Å². The predicted molar refractivity (Wildman–Crippen MR) is 152 cm³/mol. The molecule has 7 nitrogen and oxygen atoms in total. The number of benzene rings is 3. The topological polar surface area (TPSA) is 87.2 Å². The van der Waals surface area contributed by atoms with Gasteiger partial charge in [-0.15, -0.1) is 0 Å². The van der Waals surface area contributed by atoms with Gasteiger partial charge in [0.25, 0.3) is 5.91 Å². The summed E-state index contributed by atoms with van der Waals surface area (Å²) in [7, 11) is 4.02. The van der Waals surface area contributed by atoms with Crippen LogP contribution in [-0.4, -0.2) is 47.2 Å². The van der Waals surface area contributed by atoms with Crippen molar-refractivity contribution in [1.29, 1.82) is 0 Å². The fourth-order valence-electron chi connectivity index (χ4n) is 4.16. The van der Waals surface area contributed by atoms with Gasteiger partial charge in [-0.3, -0.25) is 9.59 Å². The summed E-state index contributed by atoms with van der Waals surface area (Å²) < 4.78 is 42.0. The highest BCUT2D eigenvalue weighted by atomic mass is 19.1. The van der Waals surface area contributed by atoms with Gasteiger partial charge in [0.15, 0.2) is 5.78 Å². The number of carbonyl (C=O) groups is 2. The third-order valence-corrected chi connectivity index (χ3v) is 6.28.